The molecular weight excluding hydrogens is 671 g/mol. The maximum absolute atomic E-state index is 10.1. The zero-order valence-corrected chi connectivity index (χ0v) is 29.5. The van der Waals surface area contributed by atoms with Gasteiger partial charge in [-0.3, -0.25) is 0 Å². The minimum atomic E-state index is 0.571. The molecule has 3 aromatic heterocycles. The first-order chi connectivity index (χ1) is 27.2. The van der Waals surface area contributed by atoms with Crippen LogP contribution in [0.15, 0.2) is 176 Å². The van der Waals surface area contributed by atoms with E-state index in [4.69, 9.17) is 6.57 Å². The second kappa shape index (κ2) is 11.8. The van der Waals surface area contributed by atoms with Crippen LogP contribution in [0.25, 0.3) is 98.5 Å². The third kappa shape index (κ3) is 4.39. The van der Waals surface area contributed by atoms with E-state index < -0.39 is 0 Å². The average molecular weight is 700 g/mol. The summed E-state index contributed by atoms with van der Waals surface area (Å²) in [6.45, 7) is 7.88. The largest absolute Gasteiger partial charge is 0.309 e. The Morgan fingerprint density at radius 2 is 0.945 bits per heavy atom. The van der Waals surface area contributed by atoms with E-state index in [9.17, 15) is 5.26 Å². The van der Waals surface area contributed by atoms with Gasteiger partial charge < -0.3 is 13.7 Å². The van der Waals surface area contributed by atoms with E-state index in [2.05, 4.69) is 158 Å². The molecule has 0 fully saturated rings. The van der Waals surface area contributed by atoms with E-state index in [0.717, 1.165) is 61.0 Å². The van der Waals surface area contributed by atoms with Crippen molar-refractivity contribution in [3.05, 3.63) is 193 Å². The van der Waals surface area contributed by atoms with Gasteiger partial charge in [-0.05, 0) is 83.9 Å². The van der Waals surface area contributed by atoms with Gasteiger partial charge in [0.15, 0.2) is 5.69 Å². The highest BCUT2D eigenvalue weighted by Crippen LogP contribution is 2.42. The van der Waals surface area contributed by atoms with Crippen molar-refractivity contribution >= 4 is 71.1 Å². The van der Waals surface area contributed by atoms with E-state index in [1.165, 1.54) is 32.6 Å². The fourth-order valence-corrected chi connectivity index (χ4v) is 8.83. The van der Waals surface area contributed by atoms with Gasteiger partial charge in [-0.1, -0.05) is 103 Å². The first kappa shape index (κ1) is 30.7. The lowest BCUT2D eigenvalue weighted by molar-refractivity contribution is 1.17. The molecule has 0 amide bonds. The van der Waals surface area contributed by atoms with Crippen LogP contribution >= 0.6 is 0 Å². The third-order valence-electron chi connectivity index (χ3n) is 11.1. The molecule has 0 radical (unpaired) electrons. The summed E-state index contributed by atoms with van der Waals surface area (Å²) in [6, 6.07) is 63.7. The highest BCUT2D eigenvalue weighted by Gasteiger charge is 2.21. The number of aromatic nitrogens is 3. The topological polar surface area (TPSA) is 42.9 Å². The zero-order valence-electron chi connectivity index (χ0n) is 29.5. The second-order valence-corrected chi connectivity index (χ2v) is 13.9. The van der Waals surface area contributed by atoms with E-state index in [1.54, 1.807) is 0 Å². The SMILES string of the molecule is [C-]#[N+]c1ccc(-n2c3ccccc3c3c(C#N)cccc32)c(-c2ccc(-n3c4ccccc4c4c(-n5c6ccccc6c6ccccc65)cccc43)cc2)c1. The first-order valence-electron chi connectivity index (χ1n) is 18.3. The lowest BCUT2D eigenvalue weighted by Crippen LogP contribution is -1.98. The second-order valence-electron chi connectivity index (χ2n) is 13.9. The molecule has 0 aliphatic heterocycles. The van der Waals surface area contributed by atoms with Crippen molar-refractivity contribution in [2.24, 2.45) is 0 Å². The van der Waals surface area contributed by atoms with Gasteiger partial charge >= 0.3 is 0 Å². The monoisotopic (exact) mass is 699 g/mol. The van der Waals surface area contributed by atoms with Crippen LogP contribution in [0.3, 0.4) is 0 Å². The van der Waals surface area contributed by atoms with E-state index >= 15 is 0 Å². The molecule has 11 rings (SSSR count). The predicted octanol–water partition coefficient (Wildman–Crippen LogP) is 13.1. The average Bonchev–Trinajstić information content (AvgIpc) is 3.89. The molecule has 0 bridgehead atoms. The van der Waals surface area contributed by atoms with Crippen LogP contribution in [0.4, 0.5) is 5.69 Å². The van der Waals surface area contributed by atoms with Gasteiger partial charge in [0.2, 0.25) is 0 Å². The number of benzene rings is 8. The van der Waals surface area contributed by atoms with Gasteiger partial charge in [0, 0.05) is 38.0 Å². The van der Waals surface area contributed by atoms with Crippen molar-refractivity contribution in [1.82, 2.24) is 13.7 Å². The van der Waals surface area contributed by atoms with Crippen LogP contribution in [0.1, 0.15) is 5.56 Å². The zero-order chi connectivity index (χ0) is 36.6. The number of nitrogens with zero attached hydrogens (tertiary/aromatic N) is 5. The Kier molecular flexibility index (Phi) is 6.61. The van der Waals surface area contributed by atoms with Crippen molar-refractivity contribution in [3.8, 4) is 34.3 Å². The Bertz CT molecular complexity index is 3400. The van der Waals surface area contributed by atoms with Gasteiger partial charge in [-0.2, -0.15) is 5.26 Å². The molecule has 3 heterocycles. The fourth-order valence-electron chi connectivity index (χ4n) is 8.83. The predicted molar refractivity (Wildman–Crippen MR) is 226 cm³/mol. The summed E-state index contributed by atoms with van der Waals surface area (Å²) in [4.78, 5) is 3.82. The van der Waals surface area contributed by atoms with Gasteiger partial charge in [0.25, 0.3) is 0 Å². The lowest BCUT2D eigenvalue weighted by Gasteiger charge is -2.16. The number of nitriles is 1. The van der Waals surface area contributed by atoms with Gasteiger partial charge in [-0.15, -0.1) is 0 Å². The van der Waals surface area contributed by atoms with Crippen molar-refractivity contribution in [3.63, 3.8) is 0 Å². The molecule has 0 aliphatic carbocycles. The number of para-hydroxylation sites is 4. The van der Waals surface area contributed by atoms with E-state index in [0.29, 0.717) is 11.3 Å². The van der Waals surface area contributed by atoms with Gasteiger partial charge in [-0.25, -0.2) is 4.85 Å². The first-order valence-corrected chi connectivity index (χ1v) is 18.3. The van der Waals surface area contributed by atoms with Crippen molar-refractivity contribution in [1.29, 1.82) is 5.26 Å². The summed E-state index contributed by atoms with van der Waals surface area (Å²) in [5.74, 6) is 0. The summed E-state index contributed by atoms with van der Waals surface area (Å²) < 4.78 is 7.00. The minimum Gasteiger partial charge on any atom is -0.309 e. The van der Waals surface area contributed by atoms with Crippen LogP contribution in [-0.4, -0.2) is 13.7 Å². The summed E-state index contributed by atoms with van der Waals surface area (Å²) in [5.41, 5.74) is 12.9. The molecule has 0 atom stereocenters. The van der Waals surface area contributed by atoms with Crippen LogP contribution in [0.5, 0.6) is 0 Å². The summed E-state index contributed by atoms with van der Waals surface area (Å²) in [5, 5.41) is 16.9. The molecule has 0 saturated carbocycles. The molecule has 0 spiro atoms. The number of rotatable bonds is 4. The fraction of sp³-hybridized carbons (Fsp3) is 0. The Labute approximate surface area is 316 Å². The molecule has 5 nitrogen and oxygen atoms in total. The summed E-state index contributed by atoms with van der Waals surface area (Å²) in [6.07, 6.45) is 0. The molecule has 8 aromatic carbocycles. The van der Waals surface area contributed by atoms with Crippen molar-refractivity contribution in [2.45, 2.75) is 0 Å². The maximum Gasteiger partial charge on any atom is 0.188 e. The highest BCUT2D eigenvalue weighted by molar-refractivity contribution is 6.17. The molecule has 11 aromatic rings. The van der Waals surface area contributed by atoms with Crippen molar-refractivity contribution < 1.29 is 0 Å². The Balaban J connectivity index is 1.12. The lowest BCUT2D eigenvalue weighted by atomic mass is 10.0. The van der Waals surface area contributed by atoms with Crippen LogP contribution < -0.4 is 0 Å². The summed E-state index contributed by atoms with van der Waals surface area (Å²) in [7, 11) is 0. The Morgan fingerprint density at radius 3 is 1.58 bits per heavy atom. The number of hydrogen-bond donors (Lipinski definition) is 0. The Morgan fingerprint density at radius 1 is 0.436 bits per heavy atom. The highest BCUT2D eigenvalue weighted by atomic mass is 15.0. The van der Waals surface area contributed by atoms with Crippen LogP contribution in [0.2, 0.25) is 0 Å². The quantitative estimate of drug-likeness (QED) is 0.169. The van der Waals surface area contributed by atoms with Gasteiger partial charge in [0.1, 0.15) is 0 Å². The normalized spacial score (nSPS) is 11.6. The van der Waals surface area contributed by atoms with Crippen LogP contribution in [0, 0.1) is 17.9 Å². The van der Waals surface area contributed by atoms with E-state index in [1.807, 2.05) is 42.5 Å². The van der Waals surface area contributed by atoms with Crippen molar-refractivity contribution in [2.75, 3.05) is 0 Å². The standard InChI is InChI=1S/C50H29N5/c1-52-34-26-29-45(55-44-20-9-4-15-38(44)49-33(31-51)12-10-21-46(49)55)40(30-34)32-24-27-35(28-25-32)53-43-19-8-5-16-39(43)50-47(53)22-11-23-48(50)54-41-17-6-2-13-36(41)37-14-3-7-18-42(37)54/h2-30H. The molecule has 0 unspecified atom stereocenters. The van der Waals surface area contributed by atoms with E-state index in [-0.39, 0.29) is 0 Å². The number of hydrogen-bond acceptors (Lipinski definition) is 1. The molecule has 0 N–H and O–H groups in total. The molecule has 0 saturated heterocycles. The number of fused-ring (bicyclic) bond motifs is 9. The Hall–Kier alpha value is -7.86. The maximum atomic E-state index is 10.1. The minimum absolute atomic E-state index is 0.571. The third-order valence-corrected chi connectivity index (χ3v) is 11.1. The smallest absolute Gasteiger partial charge is 0.188 e. The molecule has 55 heavy (non-hydrogen) atoms. The molecule has 0 aliphatic rings. The molecule has 254 valence electrons. The summed E-state index contributed by atoms with van der Waals surface area (Å²) >= 11 is 0. The van der Waals surface area contributed by atoms with Crippen LogP contribution in [-0.2, 0) is 0 Å². The molecule has 5 heteroatoms. The van der Waals surface area contributed by atoms with Gasteiger partial charge in [0.05, 0.1) is 62.7 Å². The molecular formula is C50H29N5.